The van der Waals surface area contributed by atoms with Crippen LogP contribution in [0.4, 0.5) is 10.2 Å². The Labute approximate surface area is 246 Å². The molecule has 3 aromatic heterocycles. The molecule has 0 saturated carbocycles. The molecule has 1 aromatic carbocycles. The van der Waals surface area contributed by atoms with Crippen molar-refractivity contribution in [1.29, 1.82) is 0 Å². The lowest BCUT2D eigenvalue weighted by molar-refractivity contribution is -0.126. The number of carbonyl (C=O) groups is 1. The van der Waals surface area contributed by atoms with Crippen LogP contribution in [0, 0.1) is 5.82 Å². The van der Waals surface area contributed by atoms with Gasteiger partial charge in [-0.25, -0.2) is 9.37 Å². The number of hydrogen-bond acceptors (Lipinski definition) is 10. The monoisotopic (exact) mass is 596 g/mol. The molecule has 0 unspecified atom stereocenters. The van der Waals surface area contributed by atoms with Gasteiger partial charge in [-0.2, -0.15) is 15.1 Å². The molecule has 2 aliphatic heterocycles. The smallest absolute Gasteiger partial charge is 0.319 e. The van der Waals surface area contributed by atoms with Gasteiger partial charge in [-0.05, 0) is 18.7 Å². The minimum Gasteiger partial charge on any atom is -0.456 e. The number of amides is 1. The van der Waals surface area contributed by atoms with Gasteiger partial charge >= 0.3 is 6.01 Å². The van der Waals surface area contributed by atoms with Gasteiger partial charge in [0.1, 0.15) is 34.4 Å². The van der Waals surface area contributed by atoms with Crippen molar-refractivity contribution in [3.05, 3.63) is 48.0 Å². The second-order valence-electron chi connectivity index (χ2n) is 10.1. The minimum absolute atomic E-state index is 0.0634. The lowest BCUT2D eigenvalue weighted by atomic mass is 10.2. The van der Waals surface area contributed by atoms with Crippen molar-refractivity contribution in [1.82, 2.24) is 34.9 Å². The molecule has 42 heavy (non-hydrogen) atoms. The van der Waals surface area contributed by atoms with E-state index in [2.05, 4.69) is 38.5 Å². The first kappa shape index (κ1) is 28.1. The molecular formula is C28H30ClFN8O4. The highest BCUT2D eigenvalue weighted by Gasteiger charge is 2.35. The van der Waals surface area contributed by atoms with E-state index in [1.54, 1.807) is 24.3 Å². The van der Waals surface area contributed by atoms with Crippen LogP contribution >= 0.6 is 11.6 Å². The summed E-state index contributed by atoms with van der Waals surface area (Å²) >= 11 is 6.35. The highest BCUT2D eigenvalue weighted by molar-refractivity contribution is 6.33. The minimum atomic E-state index is -0.665. The molecule has 220 valence electrons. The number of H-pyrrole nitrogens is 1. The Morgan fingerprint density at radius 1 is 1.21 bits per heavy atom. The first-order chi connectivity index (χ1) is 20.4. The zero-order valence-corrected chi connectivity index (χ0v) is 24.0. The summed E-state index contributed by atoms with van der Waals surface area (Å²) in [7, 11) is 1.66. The number of fused-ring (bicyclic) bond motifs is 2. The summed E-state index contributed by atoms with van der Waals surface area (Å²) < 4.78 is 32.9. The molecule has 1 amide bonds. The number of nitrogens with one attached hydrogen (secondary N) is 1. The molecule has 0 radical (unpaired) electrons. The molecule has 12 nitrogen and oxygen atoms in total. The average molecular weight is 597 g/mol. The van der Waals surface area contributed by atoms with E-state index in [0.717, 1.165) is 13.1 Å². The van der Waals surface area contributed by atoms with E-state index in [9.17, 15) is 9.18 Å². The van der Waals surface area contributed by atoms with Gasteiger partial charge in [0, 0.05) is 58.6 Å². The van der Waals surface area contributed by atoms with Crippen LogP contribution in [0.25, 0.3) is 21.8 Å². The Morgan fingerprint density at radius 3 is 2.74 bits per heavy atom. The molecule has 2 atom stereocenters. The third kappa shape index (κ3) is 5.19. The maximum atomic E-state index is 14.7. The topological polar surface area (TPSA) is 122 Å². The molecule has 2 fully saturated rings. The van der Waals surface area contributed by atoms with E-state index in [-0.39, 0.29) is 40.8 Å². The van der Waals surface area contributed by atoms with Gasteiger partial charge in [-0.1, -0.05) is 25.1 Å². The second-order valence-corrected chi connectivity index (χ2v) is 10.5. The van der Waals surface area contributed by atoms with E-state index < -0.39 is 5.82 Å². The number of piperazine rings is 1. The fourth-order valence-electron chi connectivity index (χ4n) is 5.38. The number of aromatic nitrogens is 5. The van der Waals surface area contributed by atoms with Crippen LogP contribution < -0.4 is 14.4 Å². The number of methoxy groups -OCH3 is 1. The molecule has 4 aromatic rings. The fourth-order valence-corrected chi connectivity index (χ4v) is 5.58. The van der Waals surface area contributed by atoms with Crippen LogP contribution in [0.15, 0.2) is 37.2 Å². The predicted octanol–water partition coefficient (Wildman–Crippen LogP) is 3.42. The van der Waals surface area contributed by atoms with Crippen LogP contribution in [0.1, 0.15) is 6.92 Å². The highest BCUT2D eigenvalue weighted by Crippen LogP contribution is 2.40. The first-order valence-electron chi connectivity index (χ1n) is 13.6. The summed E-state index contributed by atoms with van der Waals surface area (Å²) in [6.45, 7) is 9.98. The number of rotatable bonds is 8. The summed E-state index contributed by atoms with van der Waals surface area (Å²) in [5.74, 6) is -0.0148. The van der Waals surface area contributed by atoms with Crippen molar-refractivity contribution in [2.24, 2.45) is 0 Å². The quantitative estimate of drug-likeness (QED) is 0.303. The number of carbonyl (C=O) groups excluding carboxylic acids is 1. The number of anilines is 1. The Morgan fingerprint density at radius 2 is 2.00 bits per heavy atom. The maximum Gasteiger partial charge on any atom is 0.319 e. The van der Waals surface area contributed by atoms with Gasteiger partial charge in [0.25, 0.3) is 0 Å². The zero-order valence-electron chi connectivity index (χ0n) is 23.2. The van der Waals surface area contributed by atoms with Gasteiger partial charge in [-0.3, -0.25) is 14.8 Å². The van der Waals surface area contributed by atoms with Crippen LogP contribution in [-0.2, 0) is 9.53 Å². The average Bonchev–Trinajstić information content (AvgIpc) is 3.65. The molecule has 2 aliphatic rings. The van der Waals surface area contributed by atoms with Gasteiger partial charge in [0.2, 0.25) is 11.8 Å². The third-order valence-electron chi connectivity index (χ3n) is 7.70. The molecule has 2 saturated heterocycles. The number of aromatic amines is 1. The third-order valence-corrected chi connectivity index (χ3v) is 8.05. The molecule has 6 rings (SSSR count). The van der Waals surface area contributed by atoms with E-state index in [1.165, 1.54) is 18.3 Å². The van der Waals surface area contributed by atoms with Crippen molar-refractivity contribution in [2.75, 3.05) is 57.8 Å². The highest BCUT2D eigenvalue weighted by atomic mass is 35.5. The van der Waals surface area contributed by atoms with Crippen LogP contribution in [0.2, 0.25) is 5.02 Å². The molecule has 0 bridgehead atoms. The summed E-state index contributed by atoms with van der Waals surface area (Å²) in [6.07, 6.45) is 3.93. The summed E-state index contributed by atoms with van der Waals surface area (Å²) in [4.78, 5) is 32.2. The number of likely N-dealkylation sites (N-methyl/N-ethyl adjacent to an activating group) is 1. The molecule has 14 heteroatoms. The van der Waals surface area contributed by atoms with E-state index >= 15 is 0 Å². The number of benzene rings is 1. The van der Waals surface area contributed by atoms with Crippen molar-refractivity contribution >= 4 is 45.1 Å². The van der Waals surface area contributed by atoms with Crippen LogP contribution in [0.3, 0.4) is 0 Å². The number of hydrogen-bond donors (Lipinski definition) is 1. The normalized spacial score (nSPS) is 19.5. The van der Waals surface area contributed by atoms with E-state index in [1.807, 2.05) is 0 Å². The molecule has 0 spiro atoms. The summed E-state index contributed by atoms with van der Waals surface area (Å²) in [6, 6.07) is 3.17. The first-order valence-corrected chi connectivity index (χ1v) is 14.0. The van der Waals surface area contributed by atoms with Gasteiger partial charge < -0.3 is 24.0 Å². The second kappa shape index (κ2) is 11.7. The van der Waals surface area contributed by atoms with Crippen molar-refractivity contribution in [3.8, 4) is 17.6 Å². The fraction of sp³-hybridized carbons (Fsp3) is 0.393. The molecular weight excluding hydrogens is 567 g/mol. The molecule has 5 heterocycles. The number of ether oxygens (including phenoxy) is 3. The van der Waals surface area contributed by atoms with Crippen molar-refractivity contribution in [2.45, 2.75) is 19.1 Å². The predicted molar refractivity (Wildman–Crippen MR) is 155 cm³/mol. The number of halogens is 2. The lowest BCUT2D eigenvalue weighted by Crippen LogP contribution is -2.48. The number of pyridine rings is 1. The lowest BCUT2D eigenvalue weighted by Gasteiger charge is -2.35. The SMILES string of the molecule is C=CC(=O)N1CCN(c2nc(O[C@@H]3CN(CC)C[C@H]3OC)nc3c(Oc4c(Cl)c(F)cc5[nH]ncc45)nccc23)CC1. The van der Waals surface area contributed by atoms with E-state index in [4.69, 9.17) is 35.8 Å². The van der Waals surface area contributed by atoms with Crippen LogP contribution in [0.5, 0.6) is 17.6 Å². The van der Waals surface area contributed by atoms with E-state index in [0.29, 0.717) is 60.3 Å². The standard InChI is InChI=1S/C28H30ClFN8O4/c1-4-22(39)37-8-10-38(11-9-37)26-16-6-7-31-27(42-25-17-13-32-35-19(17)12-18(30)23(25)29)24(16)33-28(34-26)41-21-15-36(5-2)14-20(21)40-3/h4,6-7,12-13,20-21H,1,5,8-11,14-15H2,2-3H3,(H,32,35)/t20-,21-/m1/s1. The Balaban J connectivity index is 1.42. The van der Waals surface area contributed by atoms with Crippen LogP contribution in [-0.4, -0.2) is 106 Å². The number of likely N-dealkylation sites (tertiary alicyclic amines) is 1. The maximum absolute atomic E-state index is 14.7. The van der Waals surface area contributed by atoms with Crippen molar-refractivity contribution < 1.29 is 23.4 Å². The summed E-state index contributed by atoms with van der Waals surface area (Å²) in [5, 5.41) is 7.66. The van der Waals surface area contributed by atoms with Crippen molar-refractivity contribution in [3.63, 3.8) is 0 Å². The Bertz CT molecular complexity index is 1640. The zero-order chi connectivity index (χ0) is 29.4. The Hall–Kier alpha value is -4.07. The summed E-state index contributed by atoms with van der Waals surface area (Å²) in [5.41, 5.74) is 0.782. The number of nitrogens with zero attached hydrogens (tertiary/aromatic N) is 7. The molecule has 1 N–H and O–H groups in total. The van der Waals surface area contributed by atoms with Gasteiger partial charge in [0.15, 0.2) is 5.75 Å². The van der Waals surface area contributed by atoms with Gasteiger partial charge in [-0.15, -0.1) is 0 Å². The largest absolute Gasteiger partial charge is 0.456 e. The van der Waals surface area contributed by atoms with Gasteiger partial charge in [0.05, 0.1) is 22.5 Å². The molecule has 0 aliphatic carbocycles. The Kier molecular flexibility index (Phi) is 7.80.